The highest BCUT2D eigenvalue weighted by Gasteiger charge is 2.27. The maximum absolute atomic E-state index is 12.2. The molecule has 1 aliphatic heterocycles. The molecular formula is C18H28ClN3O3. The van der Waals surface area contributed by atoms with Gasteiger partial charge in [0.2, 0.25) is 5.91 Å². The van der Waals surface area contributed by atoms with E-state index in [0.717, 1.165) is 32.4 Å². The lowest BCUT2D eigenvalue weighted by Crippen LogP contribution is -2.48. The second kappa shape index (κ2) is 9.63. The molecule has 25 heavy (non-hydrogen) atoms. The van der Waals surface area contributed by atoms with E-state index in [1.54, 1.807) is 31.2 Å². The number of hydrogen-bond donors (Lipinski definition) is 2. The van der Waals surface area contributed by atoms with E-state index in [2.05, 4.69) is 5.32 Å². The highest BCUT2D eigenvalue weighted by molar-refractivity contribution is 5.97. The van der Waals surface area contributed by atoms with Crippen molar-refractivity contribution < 1.29 is 14.3 Å². The summed E-state index contributed by atoms with van der Waals surface area (Å²) in [5.41, 5.74) is 5.74. The zero-order chi connectivity index (χ0) is 17.6. The molecule has 7 heteroatoms. The molecule has 0 aromatic heterocycles. The minimum atomic E-state index is -0.905. The molecule has 140 valence electrons. The van der Waals surface area contributed by atoms with Gasteiger partial charge in [-0.2, -0.15) is 0 Å². The number of benzene rings is 1. The highest BCUT2D eigenvalue weighted by atomic mass is 35.5. The topological polar surface area (TPSA) is 84.7 Å². The van der Waals surface area contributed by atoms with Gasteiger partial charge in [0.1, 0.15) is 5.75 Å². The van der Waals surface area contributed by atoms with E-state index in [1.807, 2.05) is 11.8 Å². The molecule has 1 atom stereocenters. The summed E-state index contributed by atoms with van der Waals surface area (Å²) in [7, 11) is 0. The van der Waals surface area contributed by atoms with Gasteiger partial charge in [-0.3, -0.25) is 9.59 Å². The molecule has 1 heterocycles. The van der Waals surface area contributed by atoms with E-state index < -0.39 is 5.54 Å². The number of hydrogen-bond acceptors (Lipinski definition) is 4. The van der Waals surface area contributed by atoms with Crippen LogP contribution in [0.3, 0.4) is 0 Å². The van der Waals surface area contributed by atoms with Crippen molar-refractivity contribution in [3.05, 3.63) is 24.3 Å². The first-order valence-corrected chi connectivity index (χ1v) is 8.53. The average molecular weight is 370 g/mol. The Bertz CT molecular complexity index is 587. The quantitative estimate of drug-likeness (QED) is 0.773. The number of anilines is 1. The second-order valence-corrected chi connectivity index (χ2v) is 6.53. The predicted octanol–water partition coefficient (Wildman–Crippen LogP) is 2.57. The van der Waals surface area contributed by atoms with Gasteiger partial charge in [-0.1, -0.05) is 19.4 Å². The number of carbonyl (C=O) groups is 2. The molecule has 0 bridgehead atoms. The fourth-order valence-electron chi connectivity index (χ4n) is 2.77. The van der Waals surface area contributed by atoms with E-state index in [-0.39, 0.29) is 30.8 Å². The molecule has 1 aliphatic rings. The van der Waals surface area contributed by atoms with Crippen molar-refractivity contribution in [2.75, 3.05) is 25.0 Å². The summed E-state index contributed by atoms with van der Waals surface area (Å²) in [6, 6.07) is 7.02. The number of nitrogens with zero attached hydrogens (tertiary/aromatic N) is 1. The molecule has 1 aromatic rings. The Morgan fingerprint density at radius 2 is 2.00 bits per heavy atom. The lowest BCUT2D eigenvalue weighted by molar-refractivity contribution is -0.132. The Kier molecular flexibility index (Phi) is 8.19. The molecule has 0 saturated carbocycles. The van der Waals surface area contributed by atoms with Gasteiger partial charge in [0.25, 0.3) is 5.91 Å². The molecular weight excluding hydrogens is 342 g/mol. The highest BCUT2D eigenvalue weighted by Crippen LogP contribution is 2.20. The van der Waals surface area contributed by atoms with Gasteiger partial charge < -0.3 is 20.7 Å². The van der Waals surface area contributed by atoms with Gasteiger partial charge in [-0.15, -0.1) is 12.4 Å². The molecule has 1 aromatic carbocycles. The summed E-state index contributed by atoms with van der Waals surface area (Å²) in [6.45, 7) is 5.35. The van der Waals surface area contributed by atoms with Crippen molar-refractivity contribution in [2.45, 2.75) is 45.1 Å². The first kappa shape index (κ1) is 21.3. The van der Waals surface area contributed by atoms with Gasteiger partial charge >= 0.3 is 0 Å². The fraction of sp³-hybridized carbons (Fsp3) is 0.556. The lowest BCUT2D eigenvalue weighted by Gasteiger charge is -2.23. The van der Waals surface area contributed by atoms with Crippen LogP contribution in [0.2, 0.25) is 0 Å². The average Bonchev–Trinajstić information content (AvgIpc) is 3.07. The molecule has 1 fully saturated rings. The second-order valence-electron chi connectivity index (χ2n) is 6.53. The van der Waals surface area contributed by atoms with E-state index in [1.165, 1.54) is 0 Å². The van der Waals surface area contributed by atoms with Crippen LogP contribution in [0, 0.1) is 0 Å². The Morgan fingerprint density at radius 1 is 1.32 bits per heavy atom. The third-order valence-corrected chi connectivity index (χ3v) is 4.20. The molecule has 0 aliphatic carbocycles. The van der Waals surface area contributed by atoms with Crippen molar-refractivity contribution in [1.82, 2.24) is 4.90 Å². The van der Waals surface area contributed by atoms with Crippen molar-refractivity contribution in [1.29, 1.82) is 0 Å². The van der Waals surface area contributed by atoms with Crippen molar-refractivity contribution in [2.24, 2.45) is 5.73 Å². The Hall–Kier alpha value is -1.79. The summed E-state index contributed by atoms with van der Waals surface area (Å²) in [4.78, 5) is 26.1. The number of amides is 2. The summed E-state index contributed by atoms with van der Waals surface area (Å²) in [5, 5.41) is 2.81. The third-order valence-electron chi connectivity index (χ3n) is 4.20. The van der Waals surface area contributed by atoms with Crippen LogP contribution in [0.1, 0.15) is 39.5 Å². The fourth-order valence-corrected chi connectivity index (χ4v) is 2.77. The van der Waals surface area contributed by atoms with Crippen LogP contribution < -0.4 is 15.8 Å². The smallest absolute Gasteiger partial charge is 0.260 e. The molecule has 0 radical (unpaired) electrons. The molecule has 2 rings (SSSR count). The number of nitrogens with two attached hydrogens (primary N) is 1. The van der Waals surface area contributed by atoms with Crippen molar-refractivity contribution in [3.8, 4) is 5.75 Å². The van der Waals surface area contributed by atoms with Crippen LogP contribution in [-0.2, 0) is 9.59 Å². The number of rotatable bonds is 7. The normalized spacial score (nSPS) is 15.9. The Morgan fingerprint density at radius 3 is 2.64 bits per heavy atom. The number of halogens is 1. The molecule has 3 N–H and O–H groups in total. The number of likely N-dealkylation sites (tertiary alicyclic amines) is 1. The molecule has 1 saturated heterocycles. The number of carbonyl (C=O) groups excluding carboxylic acids is 2. The molecule has 2 amide bonds. The van der Waals surface area contributed by atoms with Crippen LogP contribution in [0.25, 0.3) is 0 Å². The standard InChI is InChI=1S/C18H27N3O3.ClH/c1-3-9-18(2,19)17(23)20-14-7-6-8-15(12-14)24-13-16(22)21-10-4-5-11-21;/h6-8,12H,3-5,9-11,13,19H2,1-2H3,(H,20,23);1H. The first-order valence-electron chi connectivity index (χ1n) is 8.53. The largest absolute Gasteiger partial charge is 0.484 e. The summed E-state index contributed by atoms with van der Waals surface area (Å²) >= 11 is 0. The Balaban J connectivity index is 0.00000312. The van der Waals surface area contributed by atoms with Gasteiger partial charge in [0.15, 0.2) is 6.61 Å². The minimum Gasteiger partial charge on any atom is -0.484 e. The van der Waals surface area contributed by atoms with Crippen molar-refractivity contribution >= 4 is 29.9 Å². The number of nitrogens with one attached hydrogen (secondary N) is 1. The van der Waals surface area contributed by atoms with E-state index in [9.17, 15) is 9.59 Å². The summed E-state index contributed by atoms with van der Waals surface area (Å²) in [5.74, 6) is 0.323. The maximum Gasteiger partial charge on any atom is 0.260 e. The molecule has 1 unspecified atom stereocenters. The maximum atomic E-state index is 12.2. The van der Waals surface area contributed by atoms with Crippen LogP contribution in [0.4, 0.5) is 5.69 Å². The zero-order valence-corrected chi connectivity index (χ0v) is 15.7. The van der Waals surface area contributed by atoms with Crippen LogP contribution in [0.15, 0.2) is 24.3 Å². The van der Waals surface area contributed by atoms with E-state index >= 15 is 0 Å². The summed E-state index contributed by atoms with van der Waals surface area (Å²) < 4.78 is 5.56. The van der Waals surface area contributed by atoms with Crippen LogP contribution >= 0.6 is 12.4 Å². The summed E-state index contributed by atoms with van der Waals surface area (Å²) in [6.07, 6.45) is 3.56. The van der Waals surface area contributed by atoms with E-state index in [4.69, 9.17) is 10.5 Å². The monoisotopic (exact) mass is 369 g/mol. The SMILES string of the molecule is CCCC(C)(N)C(=O)Nc1cccc(OCC(=O)N2CCCC2)c1.Cl. The number of ether oxygens (including phenoxy) is 1. The van der Waals surface area contributed by atoms with Gasteiger partial charge in [-0.05, 0) is 38.3 Å². The van der Waals surface area contributed by atoms with Gasteiger partial charge in [0.05, 0.1) is 5.54 Å². The lowest BCUT2D eigenvalue weighted by atomic mass is 9.96. The first-order chi connectivity index (χ1) is 11.4. The van der Waals surface area contributed by atoms with Gasteiger partial charge in [0, 0.05) is 24.8 Å². The minimum absolute atomic E-state index is 0. The Labute approximate surface area is 155 Å². The third kappa shape index (κ3) is 6.21. The van der Waals surface area contributed by atoms with Crippen molar-refractivity contribution in [3.63, 3.8) is 0 Å². The van der Waals surface area contributed by atoms with Crippen LogP contribution in [0.5, 0.6) is 5.75 Å². The van der Waals surface area contributed by atoms with E-state index in [0.29, 0.717) is 17.9 Å². The predicted molar refractivity (Wildman–Crippen MR) is 101 cm³/mol. The zero-order valence-electron chi connectivity index (χ0n) is 14.9. The molecule has 6 nitrogen and oxygen atoms in total. The van der Waals surface area contributed by atoms with Crippen LogP contribution in [-0.4, -0.2) is 41.9 Å². The molecule has 0 spiro atoms. The van der Waals surface area contributed by atoms with Gasteiger partial charge in [-0.25, -0.2) is 0 Å².